The molecule has 0 radical (unpaired) electrons. The number of fused-ring (bicyclic) bond motifs is 1. The third kappa shape index (κ3) is 1.24. The van der Waals surface area contributed by atoms with Crippen LogP contribution >= 0.6 is 0 Å². The highest BCUT2D eigenvalue weighted by atomic mass is 16.1. The molecule has 1 fully saturated rings. The summed E-state index contributed by atoms with van der Waals surface area (Å²) >= 11 is 0. The van der Waals surface area contributed by atoms with Crippen LogP contribution in [0.3, 0.4) is 0 Å². The highest BCUT2D eigenvalue weighted by Gasteiger charge is 2.47. The van der Waals surface area contributed by atoms with Crippen LogP contribution in [0.1, 0.15) is 33.1 Å². The molecule has 2 aliphatic carbocycles. The van der Waals surface area contributed by atoms with Gasteiger partial charge in [-0.25, -0.2) is 0 Å². The van der Waals surface area contributed by atoms with E-state index >= 15 is 0 Å². The Hall–Kier alpha value is -0.920. The molecule has 76 valence electrons. The molecule has 2 nitrogen and oxygen atoms in total. The van der Waals surface area contributed by atoms with Crippen molar-refractivity contribution in [3.63, 3.8) is 0 Å². The molecule has 14 heavy (non-hydrogen) atoms. The van der Waals surface area contributed by atoms with Gasteiger partial charge in [0.25, 0.3) is 0 Å². The molecule has 0 amide bonds. The molecule has 0 saturated heterocycles. The van der Waals surface area contributed by atoms with E-state index in [9.17, 15) is 9.59 Å². The predicted octanol–water partition coefficient (Wildman–Crippen LogP) is 2.14. The summed E-state index contributed by atoms with van der Waals surface area (Å²) in [5.41, 5.74) is -0.356. The predicted molar refractivity (Wildman–Crippen MR) is 53.8 cm³/mol. The lowest BCUT2D eigenvalue weighted by molar-refractivity contribution is -0.124. The summed E-state index contributed by atoms with van der Waals surface area (Å²) in [6.07, 6.45) is 5.70. The summed E-state index contributed by atoms with van der Waals surface area (Å²) in [5.74, 6) is 1.19. The van der Waals surface area contributed by atoms with Crippen LogP contribution in [0.5, 0.6) is 0 Å². The average Bonchev–Trinajstić information content (AvgIpc) is 2.35. The molecule has 1 saturated carbocycles. The highest BCUT2D eigenvalue weighted by molar-refractivity contribution is 5.95. The smallest absolute Gasteiger partial charge is 0.155 e. The van der Waals surface area contributed by atoms with Crippen molar-refractivity contribution < 1.29 is 9.59 Å². The van der Waals surface area contributed by atoms with E-state index in [4.69, 9.17) is 0 Å². The van der Waals surface area contributed by atoms with E-state index in [1.807, 2.05) is 13.0 Å². The molecule has 2 rings (SSSR count). The highest BCUT2D eigenvalue weighted by Crippen LogP contribution is 2.47. The Bertz CT molecular complexity index is 316. The van der Waals surface area contributed by atoms with Crippen molar-refractivity contribution in [2.45, 2.75) is 33.1 Å². The minimum Gasteiger partial charge on any atom is -0.299 e. The summed E-state index contributed by atoms with van der Waals surface area (Å²) in [6.45, 7) is 4.07. The first-order chi connectivity index (χ1) is 6.54. The Morgan fingerprint density at radius 3 is 2.86 bits per heavy atom. The van der Waals surface area contributed by atoms with Gasteiger partial charge in [-0.05, 0) is 31.3 Å². The molecule has 2 aliphatic rings. The second-order valence-electron chi connectivity index (χ2n) is 4.83. The van der Waals surface area contributed by atoms with E-state index in [0.717, 1.165) is 6.42 Å². The first-order valence-electron chi connectivity index (χ1n) is 5.29. The van der Waals surface area contributed by atoms with Gasteiger partial charge in [-0.2, -0.15) is 0 Å². The average molecular weight is 192 g/mol. The van der Waals surface area contributed by atoms with Crippen LogP contribution in [-0.4, -0.2) is 11.6 Å². The summed E-state index contributed by atoms with van der Waals surface area (Å²) in [4.78, 5) is 23.1. The van der Waals surface area contributed by atoms with Crippen LogP contribution in [-0.2, 0) is 9.59 Å². The Kier molecular flexibility index (Phi) is 2.09. The lowest BCUT2D eigenvalue weighted by Crippen LogP contribution is -2.29. The third-order valence-corrected chi connectivity index (χ3v) is 3.88. The van der Waals surface area contributed by atoms with Crippen molar-refractivity contribution in [2.75, 3.05) is 0 Å². The van der Waals surface area contributed by atoms with E-state index in [-0.39, 0.29) is 11.2 Å². The maximum absolute atomic E-state index is 11.8. The van der Waals surface area contributed by atoms with Gasteiger partial charge in [0, 0.05) is 18.3 Å². The Balaban J connectivity index is 2.40. The quantitative estimate of drug-likeness (QED) is 0.589. The zero-order valence-corrected chi connectivity index (χ0v) is 8.75. The van der Waals surface area contributed by atoms with Gasteiger partial charge in [0.1, 0.15) is 5.78 Å². The Labute approximate surface area is 84.4 Å². The molecule has 0 heterocycles. The molecule has 0 aromatic rings. The summed E-state index contributed by atoms with van der Waals surface area (Å²) in [7, 11) is 0. The van der Waals surface area contributed by atoms with Gasteiger partial charge in [0.2, 0.25) is 0 Å². The molecule has 0 unspecified atom stereocenters. The number of hydrogen-bond donors (Lipinski definition) is 0. The molecule has 0 aromatic heterocycles. The molecule has 0 bridgehead atoms. The van der Waals surface area contributed by atoms with Gasteiger partial charge in [-0.1, -0.05) is 13.0 Å². The number of carbonyl (C=O) groups is 2. The van der Waals surface area contributed by atoms with Crippen LogP contribution < -0.4 is 0 Å². The van der Waals surface area contributed by atoms with Gasteiger partial charge < -0.3 is 0 Å². The van der Waals surface area contributed by atoms with Crippen molar-refractivity contribution in [1.82, 2.24) is 0 Å². The minimum absolute atomic E-state index is 0.168. The lowest BCUT2D eigenvalue weighted by atomic mass is 9.73. The number of hydrogen-bond acceptors (Lipinski definition) is 2. The fourth-order valence-electron chi connectivity index (χ4n) is 2.95. The van der Waals surface area contributed by atoms with E-state index in [0.29, 0.717) is 30.5 Å². The zero-order valence-electron chi connectivity index (χ0n) is 8.75. The van der Waals surface area contributed by atoms with Crippen LogP contribution in [0, 0.1) is 17.3 Å². The number of rotatable bonds is 0. The monoisotopic (exact) mass is 192 g/mol. The van der Waals surface area contributed by atoms with Gasteiger partial charge in [0.15, 0.2) is 5.78 Å². The van der Waals surface area contributed by atoms with E-state index in [2.05, 4.69) is 6.92 Å². The second-order valence-corrected chi connectivity index (χ2v) is 4.83. The summed E-state index contributed by atoms with van der Waals surface area (Å²) in [5, 5.41) is 0. The van der Waals surface area contributed by atoms with Gasteiger partial charge in [-0.15, -0.1) is 0 Å². The standard InChI is InChI=1S/C12H16O2/c1-8-7-9(13)5-6-12(2)10(8)3-4-11(12)14/h5-6,8,10H,3-4,7H2,1-2H3/t8-,10+,12+/m1/s1. The molecule has 2 heteroatoms. The molecule has 0 aromatic carbocycles. The van der Waals surface area contributed by atoms with Crippen LogP contribution in [0.15, 0.2) is 12.2 Å². The maximum atomic E-state index is 11.8. The Morgan fingerprint density at radius 2 is 2.14 bits per heavy atom. The molecular weight excluding hydrogens is 176 g/mol. The SMILES string of the molecule is C[C@@H]1CC(=O)C=C[C@]2(C)C(=O)CC[C@@H]12. The molecular formula is C12H16O2. The topological polar surface area (TPSA) is 34.1 Å². The number of Topliss-reactive ketones (excluding diaryl/α,β-unsaturated/α-hetero) is 1. The molecule has 0 spiro atoms. The first-order valence-corrected chi connectivity index (χ1v) is 5.29. The van der Waals surface area contributed by atoms with Crippen molar-refractivity contribution in [3.8, 4) is 0 Å². The zero-order chi connectivity index (χ0) is 10.3. The first kappa shape index (κ1) is 9.63. The number of carbonyl (C=O) groups excluding carboxylic acids is 2. The van der Waals surface area contributed by atoms with E-state index < -0.39 is 0 Å². The van der Waals surface area contributed by atoms with Gasteiger partial charge >= 0.3 is 0 Å². The Morgan fingerprint density at radius 1 is 1.43 bits per heavy atom. The summed E-state index contributed by atoms with van der Waals surface area (Å²) < 4.78 is 0. The number of allylic oxidation sites excluding steroid dienone is 2. The largest absolute Gasteiger partial charge is 0.299 e. The van der Waals surface area contributed by atoms with Crippen molar-refractivity contribution in [3.05, 3.63) is 12.2 Å². The third-order valence-electron chi connectivity index (χ3n) is 3.88. The van der Waals surface area contributed by atoms with Crippen molar-refractivity contribution in [2.24, 2.45) is 17.3 Å². The second kappa shape index (κ2) is 3.04. The summed E-state index contributed by atoms with van der Waals surface area (Å²) in [6, 6.07) is 0. The lowest BCUT2D eigenvalue weighted by Gasteiger charge is -2.29. The van der Waals surface area contributed by atoms with Crippen LogP contribution in [0.4, 0.5) is 0 Å². The maximum Gasteiger partial charge on any atom is 0.155 e. The van der Waals surface area contributed by atoms with Crippen LogP contribution in [0.2, 0.25) is 0 Å². The van der Waals surface area contributed by atoms with Crippen molar-refractivity contribution >= 4 is 11.6 Å². The molecule has 0 N–H and O–H groups in total. The normalized spacial score (nSPS) is 42.4. The van der Waals surface area contributed by atoms with E-state index in [1.54, 1.807) is 6.08 Å². The fourth-order valence-corrected chi connectivity index (χ4v) is 2.95. The van der Waals surface area contributed by atoms with Gasteiger partial charge in [0.05, 0.1) is 0 Å². The molecule has 0 aliphatic heterocycles. The van der Waals surface area contributed by atoms with Crippen LogP contribution in [0.25, 0.3) is 0 Å². The minimum atomic E-state index is -0.356. The fraction of sp³-hybridized carbons (Fsp3) is 0.667. The number of ketones is 2. The van der Waals surface area contributed by atoms with Crippen molar-refractivity contribution in [1.29, 1.82) is 0 Å². The van der Waals surface area contributed by atoms with Gasteiger partial charge in [-0.3, -0.25) is 9.59 Å². The molecule has 3 atom stereocenters. The van der Waals surface area contributed by atoms with E-state index in [1.165, 1.54) is 0 Å².